The molecule has 0 bridgehead atoms. The van der Waals surface area contributed by atoms with Crippen molar-refractivity contribution >= 4 is 5.97 Å². The maximum Gasteiger partial charge on any atom is 0.327 e. The summed E-state index contributed by atoms with van der Waals surface area (Å²) in [5.74, 6) is -1.64. The zero-order chi connectivity index (χ0) is 13.3. The maximum absolute atomic E-state index is 13.4. The summed E-state index contributed by atoms with van der Waals surface area (Å²) >= 11 is 0. The van der Waals surface area contributed by atoms with Crippen LogP contribution in [0.5, 0.6) is 5.75 Å². The highest BCUT2D eigenvalue weighted by Gasteiger charge is 2.49. The minimum absolute atomic E-state index is 0.0479. The van der Waals surface area contributed by atoms with E-state index in [0.29, 0.717) is 0 Å². The first-order valence-corrected chi connectivity index (χ1v) is 5.84. The van der Waals surface area contributed by atoms with E-state index >= 15 is 0 Å². The van der Waals surface area contributed by atoms with Gasteiger partial charge in [-0.15, -0.1) is 0 Å². The van der Waals surface area contributed by atoms with E-state index in [4.69, 9.17) is 15.6 Å². The Labute approximate surface area is 105 Å². The minimum atomic E-state index is -1.42. The van der Waals surface area contributed by atoms with Gasteiger partial charge in [0, 0.05) is 0 Å². The van der Waals surface area contributed by atoms with E-state index in [-0.39, 0.29) is 18.3 Å². The number of carboxylic acids is 1. The number of ether oxygens (including phenoxy) is 1. The zero-order valence-electron chi connectivity index (χ0n) is 10.1. The molecule has 1 aliphatic carbocycles. The third kappa shape index (κ3) is 2.46. The van der Waals surface area contributed by atoms with E-state index in [1.807, 2.05) is 0 Å². The van der Waals surface area contributed by atoms with Gasteiger partial charge in [-0.05, 0) is 43.4 Å². The van der Waals surface area contributed by atoms with Gasteiger partial charge in [0.1, 0.15) is 6.61 Å². The second-order valence-electron chi connectivity index (χ2n) is 4.84. The molecule has 0 aromatic heterocycles. The van der Waals surface area contributed by atoms with E-state index in [1.165, 1.54) is 12.1 Å². The van der Waals surface area contributed by atoms with Crippen LogP contribution in [0, 0.1) is 18.7 Å². The smallest absolute Gasteiger partial charge is 0.327 e. The zero-order valence-corrected chi connectivity index (χ0v) is 10.1. The highest BCUT2D eigenvalue weighted by molar-refractivity contribution is 5.79. The lowest BCUT2D eigenvalue weighted by Gasteiger charge is -2.24. The van der Waals surface area contributed by atoms with Crippen LogP contribution >= 0.6 is 0 Å². The topological polar surface area (TPSA) is 72.5 Å². The Bertz CT molecular complexity index is 473. The molecular formula is C13H16FNO3. The third-order valence-electron chi connectivity index (χ3n) is 3.26. The van der Waals surface area contributed by atoms with Gasteiger partial charge in [-0.2, -0.15) is 0 Å². The molecule has 2 rings (SSSR count). The van der Waals surface area contributed by atoms with Crippen molar-refractivity contribution in [2.75, 3.05) is 6.61 Å². The quantitative estimate of drug-likeness (QED) is 0.837. The Morgan fingerprint density at radius 3 is 2.83 bits per heavy atom. The van der Waals surface area contributed by atoms with Crippen LogP contribution in [-0.2, 0) is 4.79 Å². The average Bonchev–Trinajstić information content (AvgIpc) is 3.14. The van der Waals surface area contributed by atoms with Crippen molar-refractivity contribution in [3.8, 4) is 5.75 Å². The standard InChI is InChI=1S/C13H16FNO3/c1-8-2-5-10(14)11(6-8)18-7-13(15,12(16)17)9-3-4-9/h2,5-6,9H,3-4,7,15H2,1H3,(H,16,17). The van der Waals surface area contributed by atoms with Crippen molar-refractivity contribution in [2.45, 2.75) is 25.3 Å². The lowest BCUT2D eigenvalue weighted by Crippen LogP contribution is -2.54. The van der Waals surface area contributed by atoms with Crippen molar-refractivity contribution in [2.24, 2.45) is 11.7 Å². The summed E-state index contributed by atoms with van der Waals surface area (Å²) in [5, 5.41) is 9.15. The molecule has 3 N–H and O–H groups in total. The van der Waals surface area contributed by atoms with Gasteiger partial charge in [0.05, 0.1) is 0 Å². The number of carbonyl (C=O) groups is 1. The number of aryl methyl sites for hydroxylation is 1. The van der Waals surface area contributed by atoms with E-state index in [1.54, 1.807) is 13.0 Å². The van der Waals surface area contributed by atoms with Gasteiger partial charge >= 0.3 is 5.97 Å². The Kier molecular flexibility index (Phi) is 3.26. The molecule has 1 aromatic rings. The van der Waals surface area contributed by atoms with Gasteiger partial charge in [0.2, 0.25) is 0 Å². The fourth-order valence-corrected chi connectivity index (χ4v) is 1.87. The van der Waals surface area contributed by atoms with Crippen LogP contribution in [-0.4, -0.2) is 23.2 Å². The molecule has 0 saturated heterocycles. The molecule has 1 fully saturated rings. The Hall–Kier alpha value is -1.62. The van der Waals surface area contributed by atoms with Crippen molar-refractivity contribution in [3.05, 3.63) is 29.6 Å². The molecule has 0 spiro atoms. The van der Waals surface area contributed by atoms with E-state index in [0.717, 1.165) is 18.4 Å². The molecule has 1 aliphatic rings. The van der Waals surface area contributed by atoms with E-state index in [9.17, 15) is 9.18 Å². The molecule has 4 nitrogen and oxygen atoms in total. The number of rotatable bonds is 5. The van der Waals surface area contributed by atoms with Crippen molar-refractivity contribution < 1.29 is 19.0 Å². The van der Waals surface area contributed by atoms with Crippen LogP contribution in [0.3, 0.4) is 0 Å². The largest absolute Gasteiger partial charge is 0.488 e. The molecule has 1 aromatic carbocycles. The minimum Gasteiger partial charge on any atom is -0.488 e. The molecule has 1 saturated carbocycles. The molecule has 0 amide bonds. The SMILES string of the molecule is Cc1ccc(F)c(OCC(N)(C(=O)O)C2CC2)c1. The van der Waals surface area contributed by atoms with Gasteiger partial charge in [0.25, 0.3) is 0 Å². The lowest BCUT2D eigenvalue weighted by molar-refractivity contribution is -0.145. The fraction of sp³-hybridized carbons (Fsp3) is 0.462. The number of aliphatic carboxylic acids is 1. The number of nitrogens with two attached hydrogens (primary N) is 1. The van der Waals surface area contributed by atoms with Crippen LogP contribution in [0.25, 0.3) is 0 Å². The van der Waals surface area contributed by atoms with Crippen LogP contribution < -0.4 is 10.5 Å². The summed E-state index contributed by atoms with van der Waals surface area (Å²) in [4.78, 5) is 11.2. The lowest BCUT2D eigenvalue weighted by atomic mass is 9.96. The Morgan fingerprint density at radius 2 is 2.28 bits per heavy atom. The van der Waals surface area contributed by atoms with Crippen LogP contribution in [0.4, 0.5) is 4.39 Å². The van der Waals surface area contributed by atoms with Crippen molar-refractivity contribution in [3.63, 3.8) is 0 Å². The van der Waals surface area contributed by atoms with Crippen LogP contribution in [0.2, 0.25) is 0 Å². The van der Waals surface area contributed by atoms with Crippen molar-refractivity contribution in [1.82, 2.24) is 0 Å². The summed E-state index contributed by atoms with van der Waals surface area (Å²) in [5.41, 5.74) is 5.26. The summed E-state index contributed by atoms with van der Waals surface area (Å²) in [6.45, 7) is 1.59. The Balaban J connectivity index is 2.10. The fourth-order valence-electron chi connectivity index (χ4n) is 1.87. The van der Waals surface area contributed by atoms with Gasteiger partial charge < -0.3 is 15.6 Å². The number of hydrogen-bond acceptors (Lipinski definition) is 3. The van der Waals surface area contributed by atoms with Gasteiger partial charge in [-0.25, -0.2) is 4.39 Å². The molecular weight excluding hydrogens is 237 g/mol. The van der Waals surface area contributed by atoms with Gasteiger partial charge in [-0.3, -0.25) is 4.79 Å². The second-order valence-corrected chi connectivity index (χ2v) is 4.84. The molecule has 5 heteroatoms. The van der Waals surface area contributed by atoms with Gasteiger partial charge in [-0.1, -0.05) is 6.07 Å². The predicted molar refractivity (Wildman–Crippen MR) is 63.9 cm³/mol. The van der Waals surface area contributed by atoms with Crippen LogP contribution in [0.15, 0.2) is 18.2 Å². The number of halogens is 1. The summed E-state index contributed by atoms with van der Waals surface area (Å²) in [7, 11) is 0. The summed E-state index contributed by atoms with van der Waals surface area (Å²) < 4.78 is 18.7. The van der Waals surface area contributed by atoms with E-state index < -0.39 is 17.3 Å². The normalized spacial score (nSPS) is 18.2. The Morgan fingerprint density at radius 1 is 1.61 bits per heavy atom. The predicted octanol–water partition coefficient (Wildman–Crippen LogP) is 1.71. The number of benzene rings is 1. The third-order valence-corrected chi connectivity index (χ3v) is 3.26. The number of hydrogen-bond donors (Lipinski definition) is 2. The molecule has 1 unspecified atom stereocenters. The first-order chi connectivity index (χ1) is 8.43. The molecule has 98 valence electrons. The van der Waals surface area contributed by atoms with E-state index in [2.05, 4.69) is 0 Å². The summed E-state index contributed by atoms with van der Waals surface area (Å²) in [6.07, 6.45) is 1.56. The average molecular weight is 253 g/mol. The summed E-state index contributed by atoms with van der Waals surface area (Å²) in [6, 6.07) is 4.45. The number of carboxylic acid groups (broad SMARTS) is 1. The molecule has 0 radical (unpaired) electrons. The molecule has 0 heterocycles. The first kappa shape index (κ1) is 12.8. The van der Waals surface area contributed by atoms with Crippen molar-refractivity contribution in [1.29, 1.82) is 0 Å². The highest BCUT2D eigenvalue weighted by atomic mass is 19.1. The molecule has 0 aliphatic heterocycles. The van der Waals surface area contributed by atoms with Crippen LogP contribution in [0.1, 0.15) is 18.4 Å². The monoisotopic (exact) mass is 253 g/mol. The second kappa shape index (κ2) is 4.57. The molecule has 18 heavy (non-hydrogen) atoms. The molecule has 1 atom stereocenters. The first-order valence-electron chi connectivity index (χ1n) is 5.84. The maximum atomic E-state index is 13.4. The van der Waals surface area contributed by atoms with Gasteiger partial charge in [0.15, 0.2) is 17.1 Å². The highest BCUT2D eigenvalue weighted by Crippen LogP contribution is 2.39.